The third-order valence-electron chi connectivity index (χ3n) is 2.99. The van der Waals surface area contributed by atoms with E-state index in [1.165, 1.54) is 4.88 Å². The largest absolute Gasteiger partial charge is 0.344 e. The van der Waals surface area contributed by atoms with Gasteiger partial charge in [0.15, 0.2) is 5.16 Å². The van der Waals surface area contributed by atoms with Crippen LogP contribution >= 0.6 is 23.1 Å². The van der Waals surface area contributed by atoms with Crippen LogP contribution in [0.2, 0.25) is 0 Å². The zero-order valence-corrected chi connectivity index (χ0v) is 12.4. The Morgan fingerprint density at radius 3 is 3.20 bits per heavy atom. The fraction of sp³-hybridized carbons (Fsp3) is 0.385. The van der Waals surface area contributed by atoms with Gasteiger partial charge in [0.1, 0.15) is 0 Å². The van der Waals surface area contributed by atoms with Gasteiger partial charge in [-0.25, -0.2) is 9.89 Å². The lowest BCUT2D eigenvalue weighted by Crippen LogP contribution is -2.16. The molecule has 1 saturated carbocycles. The molecule has 0 spiro atoms. The van der Waals surface area contributed by atoms with E-state index in [2.05, 4.69) is 22.0 Å². The normalized spacial score (nSPS) is 14.1. The maximum atomic E-state index is 11.7. The number of nitrogens with two attached hydrogens (primary N) is 1. The van der Waals surface area contributed by atoms with Gasteiger partial charge in [0.25, 0.3) is 0 Å². The molecule has 104 valence electrons. The third kappa shape index (κ3) is 2.82. The average molecular weight is 306 g/mol. The molecule has 0 atom stereocenters. The van der Waals surface area contributed by atoms with Crippen LogP contribution in [0.3, 0.4) is 0 Å². The number of nitrogens with zero attached hydrogens (tertiary/aromatic N) is 2. The van der Waals surface area contributed by atoms with Gasteiger partial charge in [-0.2, -0.15) is 0 Å². The SMILES string of the molecule is NCC#Cc1ccsc1CSc1n[nH]c(=O)n1C1CC1. The Morgan fingerprint density at radius 2 is 2.45 bits per heavy atom. The van der Waals surface area contributed by atoms with E-state index in [9.17, 15) is 4.79 Å². The second kappa shape index (κ2) is 5.87. The lowest BCUT2D eigenvalue weighted by atomic mass is 10.3. The number of hydrogen-bond donors (Lipinski definition) is 2. The molecular weight excluding hydrogens is 292 g/mol. The summed E-state index contributed by atoms with van der Waals surface area (Å²) in [4.78, 5) is 12.9. The van der Waals surface area contributed by atoms with Crippen molar-refractivity contribution in [2.24, 2.45) is 5.73 Å². The summed E-state index contributed by atoms with van der Waals surface area (Å²) < 4.78 is 1.77. The standard InChI is InChI=1S/C13H14N4OS2/c14-6-1-2-9-5-7-19-11(9)8-20-13-16-15-12(18)17(13)10-3-4-10/h5,7,10H,3-4,6,8,14H2,(H,15,18). The first-order valence-corrected chi connectivity index (χ1v) is 8.21. The highest BCUT2D eigenvalue weighted by Crippen LogP contribution is 2.37. The van der Waals surface area contributed by atoms with Crippen molar-refractivity contribution in [1.29, 1.82) is 0 Å². The van der Waals surface area contributed by atoms with E-state index < -0.39 is 0 Å². The highest BCUT2D eigenvalue weighted by molar-refractivity contribution is 7.98. The molecule has 1 fully saturated rings. The second-order valence-electron chi connectivity index (χ2n) is 4.46. The summed E-state index contributed by atoms with van der Waals surface area (Å²) in [7, 11) is 0. The van der Waals surface area contributed by atoms with Crippen LogP contribution < -0.4 is 11.4 Å². The van der Waals surface area contributed by atoms with Crippen molar-refractivity contribution in [3.8, 4) is 11.8 Å². The average Bonchev–Trinajstić information content (AvgIpc) is 3.07. The van der Waals surface area contributed by atoms with E-state index in [1.807, 2.05) is 11.4 Å². The summed E-state index contributed by atoms with van der Waals surface area (Å²) in [6.45, 7) is 0.364. The Labute approximate surface area is 124 Å². The Kier molecular flexibility index (Phi) is 3.96. The molecule has 0 aromatic carbocycles. The number of rotatable bonds is 4. The highest BCUT2D eigenvalue weighted by atomic mass is 32.2. The van der Waals surface area contributed by atoms with Crippen molar-refractivity contribution >= 4 is 23.1 Å². The van der Waals surface area contributed by atoms with E-state index in [0.717, 1.165) is 29.3 Å². The Morgan fingerprint density at radius 1 is 1.60 bits per heavy atom. The Hall–Kier alpha value is -1.49. The molecule has 0 radical (unpaired) electrons. The number of aromatic nitrogens is 3. The molecule has 20 heavy (non-hydrogen) atoms. The van der Waals surface area contributed by atoms with Crippen LogP contribution in [-0.2, 0) is 5.75 Å². The van der Waals surface area contributed by atoms with Crippen molar-refractivity contribution in [1.82, 2.24) is 14.8 Å². The maximum absolute atomic E-state index is 11.7. The van der Waals surface area contributed by atoms with Gasteiger partial charge >= 0.3 is 5.69 Å². The number of H-pyrrole nitrogens is 1. The molecule has 2 aromatic heterocycles. The summed E-state index contributed by atoms with van der Waals surface area (Å²) >= 11 is 3.24. The van der Waals surface area contributed by atoms with Gasteiger partial charge in [-0.15, -0.1) is 16.4 Å². The fourth-order valence-corrected chi connectivity index (χ4v) is 3.85. The van der Waals surface area contributed by atoms with Crippen LogP contribution in [0.15, 0.2) is 21.4 Å². The summed E-state index contributed by atoms with van der Waals surface area (Å²) in [5, 5.41) is 9.43. The molecule has 0 bridgehead atoms. The van der Waals surface area contributed by atoms with Gasteiger partial charge in [-0.3, -0.25) is 4.57 Å². The molecule has 0 aliphatic heterocycles. The molecule has 0 saturated heterocycles. The second-order valence-corrected chi connectivity index (χ2v) is 6.41. The van der Waals surface area contributed by atoms with Gasteiger partial charge in [0, 0.05) is 22.2 Å². The third-order valence-corrected chi connectivity index (χ3v) is 5.07. The number of aromatic amines is 1. The molecule has 3 N–H and O–H groups in total. The number of thiophene rings is 1. The molecular formula is C13H14N4OS2. The van der Waals surface area contributed by atoms with Gasteiger partial charge in [-0.05, 0) is 24.3 Å². The molecule has 2 aromatic rings. The van der Waals surface area contributed by atoms with E-state index >= 15 is 0 Å². The smallest absolute Gasteiger partial charge is 0.320 e. The van der Waals surface area contributed by atoms with E-state index in [0.29, 0.717) is 12.6 Å². The van der Waals surface area contributed by atoms with Crippen LogP contribution in [-0.4, -0.2) is 21.3 Å². The molecule has 0 amide bonds. The van der Waals surface area contributed by atoms with Crippen molar-refractivity contribution in [2.75, 3.05) is 6.54 Å². The number of hydrogen-bond acceptors (Lipinski definition) is 5. The quantitative estimate of drug-likeness (QED) is 0.664. The lowest BCUT2D eigenvalue weighted by Gasteiger charge is -2.02. The van der Waals surface area contributed by atoms with Gasteiger partial charge in [0.2, 0.25) is 0 Å². The van der Waals surface area contributed by atoms with E-state index in [1.54, 1.807) is 27.7 Å². The van der Waals surface area contributed by atoms with Crippen LogP contribution in [0.1, 0.15) is 29.3 Å². The summed E-state index contributed by atoms with van der Waals surface area (Å²) in [5.41, 5.74) is 6.31. The highest BCUT2D eigenvalue weighted by Gasteiger charge is 2.28. The van der Waals surface area contributed by atoms with Crippen molar-refractivity contribution in [3.05, 3.63) is 32.4 Å². The predicted octanol–water partition coefficient (Wildman–Crippen LogP) is 1.57. The van der Waals surface area contributed by atoms with Gasteiger partial charge in [-0.1, -0.05) is 23.6 Å². The minimum absolute atomic E-state index is 0.107. The molecule has 7 heteroatoms. The minimum atomic E-state index is -0.107. The first-order chi connectivity index (χ1) is 9.79. The molecule has 0 unspecified atom stereocenters. The summed E-state index contributed by atoms with van der Waals surface area (Å²) in [6, 6.07) is 2.34. The van der Waals surface area contributed by atoms with Crippen molar-refractivity contribution < 1.29 is 0 Å². The topological polar surface area (TPSA) is 76.7 Å². The molecule has 1 aliphatic rings. The Bertz CT molecular complexity index is 715. The fourth-order valence-electron chi connectivity index (χ4n) is 1.89. The number of nitrogens with one attached hydrogen (secondary N) is 1. The predicted molar refractivity (Wildman–Crippen MR) is 80.9 cm³/mol. The maximum Gasteiger partial charge on any atom is 0.344 e. The molecule has 2 heterocycles. The lowest BCUT2D eigenvalue weighted by molar-refractivity contribution is 0.642. The van der Waals surface area contributed by atoms with Crippen LogP contribution in [0.5, 0.6) is 0 Å². The monoisotopic (exact) mass is 306 g/mol. The summed E-state index contributed by atoms with van der Waals surface area (Å²) in [6.07, 6.45) is 2.14. The minimum Gasteiger partial charge on any atom is -0.320 e. The Balaban J connectivity index is 1.74. The van der Waals surface area contributed by atoms with Crippen LogP contribution in [0.25, 0.3) is 0 Å². The molecule has 5 nitrogen and oxygen atoms in total. The first kappa shape index (κ1) is 13.5. The van der Waals surface area contributed by atoms with Gasteiger partial charge < -0.3 is 5.73 Å². The van der Waals surface area contributed by atoms with E-state index in [4.69, 9.17) is 5.73 Å². The number of thioether (sulfide) groups is 1. The first-order valence-electron chi connectivity index (χ1n) is 6.34. The van der Waals surface area contributed by atoms with Crippen molar-refractivity contribution in [3.63, 3.8) is 0 Å². The summed E-state index contributed by atoms with van der Waals surface area (Å²) in [5.74, 6) is 6.71. The van der Waals surface area contributed by atoms with Crippen LogP contribution in [0.4, 0.5) is 0 Å². The van der Waals surface area contributed by atoms with Gasteiger partial charge in [0.05, 0.1) is 6.54 Å². The van der Waals surface area contributed by atoms with Crippen LogP contribution in [0, 0.1) is 11.8 Å². The van der Waals surface area contributed by atoms with E-state index in [-0.39, 0.29) is 5.69 Å². The zero-order valence-electron chi connectivity index (χ0n) is 10.8. The molecule has 1 aliphatic carbocycles. The molecule has 3 rings (SSSR count). The van der Waals surface area contributed by atoms with Crippen molar-refractivity contribution in [2.45, 2.75) is 29.8 Å². The zero-order chi connectivity index (χ0) is 13.9.